The summed E-state index contributed by atoms with van der Waals surface area (Å²) in [6.07, 6.45) is 3.01. The molecular formula is C14H22N2O2S. The van der Waals surface area contributed by atoms with Crippen molar-refractivity contribution < 1.29 is 8.42 Å². The monoisotopic (exact) mass is 282 g/mol. The van der Waals surface area contributed by atoms with Crippen LogP contribution in [0.4, 0.5) is 5.69 Å². The molecule has 5 heteroatoms. The first-order chi connectivity index (χ1) is 9.07. The first-order valence-electron chi connectivity index (χ1n) is 6.92. The number of nitrogens with zero attached hydrogens (tertiary/aromatic N) is 1. The number of para-hydroxylation sites is 1. The first kappa shape index (κ1) is 14.3. The van der Waals surface area contributed by atoms with Gasteiger partial charge in [0.15, 0.2) is 0 Å². The highest BCUT2D eigenvalue weighted by atomic mass is 32.2. The predicted octanol–water partition coefficient (Wildman–Crippen LogP) is 2.68. The van der Waals surface area contributed by atoms with Crippen LogP contribution in [0.1, 0.15) is 33.1 Å². The highest BCUT2D eigenvalue weighted by Crippen LogP contribution is 2.29. The second-order valence-corrected chi connectivity index (χ2v) is 6.85. The molecule has 4 nitrogen and oxygen atoms in total. The lowest BCUT2D eigenvalue weighted by molar-refractivity contribution is 0.269. The lowest BCUT2D eigenvalue weighted by Gasteiger charge is -2.32. The molecular weight excluding hydrogens is 260 g/mol. The normalized spacial score (nSPS) is 21.3. The third kappa shape index (κ3) is 2.92. The summed E-state index contributed by atoms with van der Waals surface area (Å²) in [6.45, 7) is 5.30. The Morgan fingerprint density at radius 3 is 2.74 bits per heavy atom. The molecule has 1 aliphatic rings. The van der Waals surface area contributed by atoms with Crippen molar-refractivity contribution >= 4 is 15.7 Å². The van der Waals surface area contributed by atoms with Gasteiger partial charge in [0.25, 0.3) is 0 Å². The van der Waals surface area contributed by atoms with E-state index in [1.807, 2.05) is 26.0 Å². The van der Waals surface area contributed by atoms with E-state index in [0.717, 1.165) is 19.3 Å². The fourth-order valence-electron chi connectivity index (χ4n) is 2.58. The van der Waals surface area contributed by atoms with Crippen LogP contribution in [0, 0.1) is 0 Å². The standard InChI is InChI=1S/C14H22N2O2S/c1-3-15-13-9-4-5-10-14(13)19(17,18)16-11-7-6-8-12(16)2/h4-5,9-10,12,15H,3,6-8,11H2,1-2H3. The first-order valence-corrected chi connectivity index (χ1v) is 8.36. The molecule has 0 amide bonds. The van der Waals surface area contributed by atoms with E-state index in [9.17, 15) is 8.42 Å². The molecule has 0 aromatic heterocycles. The van der Waals surface area contributed by atoms with Crippen LogP contribution in [-0.4, -0.2) is 31.9 Å². The highest BCUT2D eigenvalue weighted by Gasteiger charge is 2.32. The summed E-state index contributed by atoms with van der Waals surface area (Å²) in [5, 5.41) is 3.13. The van der Waals surface area contributed by atoms with Crippen molar-refractivity contribution in [1.29, 1.82) is 0 Å². The summed E-state index contributed by atoms with van der Waals surface area (Å²) in [6, 6.07) is 7.24. The largest absolute Gasteiger partial charge is 0.384 e. The van der Waals surface area contributed by atoms with E-state index < -0.39 is 10.0 Å². The minimum Gasteiger partial charge on any atom is -0.384 e. The molecule has 106 valence electrons. The van der Waals surface area contributed by atoms with Gasteiger partial charge in [-0.05, 0) is 38.8 Å². The van der Waals surface area contributed by atoms with E-state index in [2.05, 4.69) is 5.32 Å². The van der Waals surface area contributed by atoms with Gasteiger partial charge in [0.05, 0.1) is 5.69 Å². The molecule has 0 saturated carbocycles. The highest BCUT2D eigenvalue weighted by molar-refractivity contribution is 7.89. The van der Waals surface area contributed by atoms with Gasteiger partial charge in [0.2, 0.25) is 10.0 Å². The van der Waals surface area contributed by atoms with E-state index >= 15 is 0 Å². The van der Waals surface area contributed by atoms with Crippen LogP contribution in [0.25, 0.3) is 0 Å². The van der Waals surface area contributed by atoms with Crippen molar-refractivity contribution in [2.75, 3.05) is 18.4 Å². The number of nitrogens with one attached hydrogen (secondary N) is 1. The number of sulfonamides is 1. The average Bonchev–Trinajstić information content (AvgIpc) is 2.40. The summed E-state index contributed by atoms with van der Waals surface area (Å²) in [4.78, 5) is 0.394. The lowest BCUT2D eigenvalue weighted by Crippen LogP contribution is -2.42. The summed E-state index contributed by atoms with van der Waals surface area (Å²) in [5.74, 6) is 0. The molecule has 0 aliphatic carbocycles. The van der Waals surface area contributed by atoms with Gasteiger partial charge >= 0.3 is 0 Å². The smallest absolute Gasteiger partial charge is 0.245 e. The number of anilines is 1. The van der Waals surface area contributed by atoms with E-state index in [0.29, 0.717) is 23.7 Å². The van der Waals surface area contributed by atoms with Gasteiger partial charge in [-0.1, -0.05) is 18.6 Å². The van der Waals surface area contributed by atoms with Gasteiger partial charge in [0.1, 0.15) is 4.90 Å². The van der Waals surface area contributed by atoms with Gasteiger partial charge in [-0.3, -0.25) is 0 Å². The molecule has 1 atom stereocenters. The van der Waals surface area contributed by atoms with Gasteiger partial charge in [0, 0.05) is 19.1 Å². The van der Waals surface area contributed by atoms with Crippen molar-refractivity contribution in [3.8, 4) is 0 Å². The molecule has 0 spiro atoms. The molecule has 1 heterocycles. The second-order valence-electron chi connectivity index (χ2n) is 4.99. The van der Waals surface area contributed by atoms with Crippen LogP contribution in [0.3, 0.4) is 0 Å². The zero-order valence-electron chi connectivity index (χ0n) is 11.6. The van der Waals surface area contributed by atoms with Crippen molar-refractivity contribution in [3.63, 3.8) is 0 Å². The van der Waals surface area contributed by atoms with Crippen molar-refractivity contribution in [3.05, 3.63) is 24.3 Å². The second kappa shape index (κ2) is 5.92. The van der Waals surface area contributed by atoms with Crippen LogP contribution in [0.15, 0.2) is 29.2 Å². The maximum Gasteiger partial charge on any atom is 0.245 e. The zero-order chi connectivity index (χ0) is 13.9. The number of rotatable bonds is 4. The Balaban J connectivity index is 2.38. The molecule has 0 bridgehead atoms. The maximum atomic E-state index is 12.8. The van der Waals surface area contributed by atoms with Crippen LogP contribution in [-0.2, 0) is 10.0 Å². The third-order valence-corrected chi connectivity index (χ3v) is 5.65. The summed E-state index contributed by atoms with van der Waals surface area (Å²) in [5.41, 5.74) is 0.697. The predicted molar refractivity (Wildman–Crippen MR) is 77.8 cm³/mol. The number of benzene rings is 1. The van der Waals surface area contributed by atoms with Gasteiger partial charge in [-0.25, -0.2) is 8.42 Å². The quantitative estimate of drug-likeness (QED) is 0.923. The Labute approximate surface area is 115 Å². The Kier molecular flexibility index (Phi) is 4.47. The fraction of sp³-hybridized carbons (Fsp3) is 0.571. The molecule has 1 N–H and O–H groups in total. The summed E-state index contributed by atoms with van der Waals surface area (Å²) < 4.78 is 27.2. The SMILES string of the molecule is CCNc1ccccc1S(=O)(=O)N1CCCCC1C. The van der Waals surface area contributed by atoms with Crippen LogP contribution < -0.4 is 5.32 Å². The molecule has 0 radical (unpaired) electrons. The molecule has 1 saturated heterocycles. The Morgan fingerprint density at radius 2 is 2.05 bits per heavy atom. The molecule has 1 aromatic carbocycles. The molecule has 1 aliphatic heterocycles. The average molecular weight is 282 g/mol. The summed E-state index contributed by atoms with van der Waals surface area (Å²) in [7, 11) is -3.39. The van der Waals surface area contributed by atoms with E-state index in [1.165, 1.54) is 0 Å². The van der Waals surface area contributed by atoms with Crippen LogP contribution >= 0.6 is 0 Å². The topological polar surface area (TPSA) is 49.4 Å². The van der Waals surface area contributed by atoms with E-state index in [-0.39, 0.29) is 6.04 Å². The van der Waals surface area contributed by atoms with Crippen LogP contribution in [0.2, 0.25) is 0 Å². The molecule has 1 unspecified atom stereocenters. The summed E-state index contributed by atoms with van der Waals surface area (Å²) >= 11 is 0. The van der Waals surface area contributed by atoms with E-state index in [4.69, 9.17) is 0 Å². The Morgan fingerprint density at radius 1 is 1.32 bits per heavy atom. The van der Waals surface area contributed by atoms with Gasteiger partial charge in [-0.2, -0.15) is 4.31 Å². The minimum absolute atomic E-state index is 0.0911. The van der Waals surface area contributed by atoms with Crippen molar-refractivity contribution in [2.45, 2.75) is 44.0 Å². The zero-order valence-corrected chi connectivity index (χ0v) is 12.4. The van der Waals surface area contributed by atoms with Crippen LogP contribution in [0.5, 0.6) is 0 Å². The van der Waals surface area contributed by atoms with Gasteiger partial charge < -0.3 is 5.32 Å². The third-order valence-electron chi connectivity index (χ3n) is 3.58. The molecule has 19 heavy (non-hydrogen) atoms. The number of piperidine rings is 1. The molecule has 2 rings (SSSR count). The van der Waals surface area contributed by atoms with Crippen molar-refractivity contribution in [1.82, 2.24) is 4.31 Å². The van der Waals surface area contributed by atoms with Gasteiger partial charge in [-0.15, -0.1) is 0 Å². The van der Waals surface area contributed by atoms with Crippen molar-refractivity contribution in [2.24, 2.45) is 0 Å². The molecule has 1 fully saturated rings. The molecule has 1 aromatic rings. The lowest BCUT2D eigenvalue weighted by atomic mass is 10.1. The van der Waals surface area contributed by atoms with E-state index in [1.54, 1.807) is 16.4 Å². The maximum absolute atomic E-state index is 12.8. The number of hydrogen-bond donors (Lipinski definition) is 1. The Hall–Kier alpha value is -1.07. The minimum atomic E-state index is -3.39. The Bertz CT molecular complexity index is 528. The fourth-order valence-corrected chi connectivity index (χ4v) is 4.45. The number of hydrogen-bond acceptors (Lipinski definition) is 3.